The smallest absolute Gasteiger partial charge is 0.434 e. The van der Waals surface area contributed by atoms with E-state index in [1.54, 1.807) is 0 Å². The van der Waals surface area contributed by atoms with E-state index in [1.807, 2.05) is 0 Å². The third-order valence-corrected chi connectivity index (χ3v) is 5.22. The largest absolute Gasteiger partial charge is 0.477 e. The predicted octanol–water partition coefficient (Wildman–Crippen LogP) is 5.66. The molecule has 2 heterocycles. The van der Waals surface area contributed by atoms with Gasteiger partial charge in [-0.3, -0.25) is 4.79 Å². The van der Waals surface area contributed by atoms with Crippen LogP contribution in [0.5, 0.6) is 0 Å². The SMILES string of the molecule is CC(=O)Nc1ccccc1-n1ncc(-c2onc(-c3cccc(F)c3Cl)c2C(=O)O)c1C(F)(F)F. The number of carboxylic acids is 1. The van der Waals surface area contributed by atoms with Gasteiger partial charge in [0.15, 0.2) is 11.5 Å². The van der Waals surface area contributed by atoms with Gasteiger partial charge >= 0.3 is 12.1 Å². The lowest BCUT2D eigenvalue weighted by molar-refractivity contribution is -0.142. The molecule has 0 saturated carbocycles. The summed E-state index contributed by atoms with van der Waals surface area (Å²) in [6.07, 6.45) is -4.29. The zero-order valence-electron chi connectivity index (χ0n) is 17.5. The van der Waals surface area contributed by atoms with Gasteiger partial charge in [0.25, 0.3) is 0 Å². The van der Waals surface area contributed by atoms with Crippen LogP contribution in [-0.2, 0) is 11.0 Å². The van der Waals surface area contributed by atoms with Gasteiger partial charge in [-0.05, 0) is 18.2 Å². The number of amides is 1. The number of aromatic nitrogens is 3. The molecule has 0 aliphatic carbocycles. The molecule has 0 radical (unpaired) electrons. The highest BCUT2D eigenvalue weighted by Gasteiger charge is 2.42. The Morgan fingerprint density at radius 1 is 1.11 bits per heavy atom. The van der Waals surface area contributed by atoms with E-state index in [9.17, 15) is 32.3 Å². The minimum Gasteiger partial charge on any atom is -0.477 e. The first-order valence-corrected chi connectivity index (χ1v) is 10.1. The number of para-hydroxylation sites is 2. The minimum absolute atomic E-state index is 0.0309. The molecule has 0 saturated heterocycles. The number of nitrogens with one attached hydrogen (secondary N) is 1. The standard InChI is InChI=1S/C22H13ClF4N4O4/c1-10(32)29-14-7-2-3-8-15(14)31-20(22(25,26)27)12(9-28-31)19-16(21(33)34)18(30-35-19)11-5-4-6-13(24)17(11)23/h2-9H,1H3,(H,29,32)(H,33,34). The van der Waals surface area contributed by atoms with Crippen molar-refractivity contribution in [3.63, 3.8) is 0 Å². The Labute approximate surface area is 198 Å². The summed E-state index contributed by atoms with van der Waals surface area (Å²) >= 11 is 5.93. The highest BCUT2D eigenvalue weighted by Crippen LogP contribution is 2.43. The van der Waals surface area contributed by atoms with Crippen molar-refractivity contribution >= 4 is 29.2 Å². The summed E-state index contributed by atoms with van der Waals surface area (Å²) < 4.78 is 62.3. The number of halogens is 5. The molecule has 0 aliphatic heterocycles. The van der Waals surface area contributed by atoms with Crippen molar-refractivity contribution in [3.05, 3.63) is 70.8 Å². The summed E-state index contributed by atoms with van der Waals surface area (Å²) in [5.41, 5.74) is -3.63. The van der Waals surface area contributed by atoms with E-state index < -0.39 is 57.2 Å². The molecule has 2 N–H and O–H groups in total. The van der Waals surface area contributed by atoms with E-state index >= 15 is 0 Å². The molecule has 4 aromatic rings. The second kappa shape index (κ2) is 8.87. The van der Waals surface area contributed by atoms with Crippen molar-refractivity contribution < 1.29 is 36.8 Å². The molecule has 180 valence electrons. The second-order valence-corrected chi connectivity index (χ2v) is 7.53. The molecule has 0 aliphatic rings. The quantitative estimate of drug-likeness (QED) is 0.336. The van der Waals surface area contributed by atoms with Crippen LogP contribution in [0.4, 0.5) is 23.2 Å². The number of carboxylic acid groups (broad SMARTS) is 1. The predicted molar refractivity (Wildman–Crippen MR) is 116 cm³/mol. The normalized spacial score (nSPS) is 11.5. The lowest BCUT2D eigenvalue weighted by Gasteiger charge is -2.15. The van der Waals surface area contributed by atoms with Gasteiger partial charge in [0.2, 0.25) is 5.91 Å². The third kappa shape index (κ3) is 4.35. The molecule has 0 fully saturated rings. The molecular weight excluding hydrogens is 496 g/mol. The number of hydrogen-bond donors (Lipinski definition) is 2. The maximum atomic E-state index is 14.3. The summed E-state index contributed by atoms with van der Waals surface area (Å²) in [4.78, 5) is 23.6. The summed E-state index contributed by atoms with van der Waals surface area (Å²) in [5, 5.41) is 19.1. The average Bonchev–Trinajstić information content (AvgIpc) is 3.40. The Morgan fingerprint density at radius 3 is 2.49 bits per heavy atom. The minimum atomic E-state index is -5.05. The zero-order chi connectivity index (χ0) is 25.5. The maximum absolute atomic E-state index is 14.3. The van der Waals surface area contributed by atoms with Crippen LogP contribution >= 0.6 is 11.6 Å². The Kier molecular flexibility index (Phi) is 6.07. The van der Waals surface area contributed by atoms with Crippen LogP contribution in [0.15, 0.2) is 53.2 Å². The van der Waals surface area contributed by atoms with E-state index in [0.29, 0.717) is 4.68 Å². The van der Waals surface area contributed by atoms with E-state index in [-0.39, 0.29) is 16.9 Å². The summed E-state index contributed by atoms with van der Waals surface area (Å²) in [5.74, 6) is -3.86. The van der Waals surface area contributed by atoms with E-state index in [2.05, 4.69) is 15.6 Å². The zero-order valence-corrected chi connectivity index (χ0v) is 18.3. The lowest BCUT2D eigenvalue weighted by atomic mass is 10.0. The number of carbonyl (C=O) groups excluding carboxylic acids is 1. The number of benzene rings is 2. The number of rotatable bonds is 5. The highest BCUT2D eigenvalue weighted by atomic mass is 35.5. The van der Waals surface area contributed by atoms with Gasteiger partial charge in [0, 0.05) is 12.5 Å². The van der Waals surface area contributed by atoms with Crippen LogP contribution in [0.25, 0.3) is 28.3 Å². The van der Waals surface area contributed by atoms with Crippen LogP contribution < -0.4 is 5.32 Å². The van der Waals surface area contributed by atoms with Gasteiger partial charge < -0.3 is 14.9 Å². The first kappa shape index (κ1) is 24.0. The molecular formula is C22H13ClF4N4O4. The topological polar surface area (TPSA) is 110 Å². The second-order valence-electron chi connectivity index (χ2n) is 7.16. The maximum Gasteiger partial charge on any atom is 0.434 e. The van der Waals surface area contributed by atoms with Crippen LogP contribution in [0.3, 0.4) is 0 Å². The third-order valence-electron chi connectivity index (χ3n) is 4.84. The lowest BCUT2D eigenvalue weighted by Crippen LogP contribution is -2.17. The number of alkyl halides is 3. The Hall–Kier alpha value is -4.19. The summed E-state index contributed by atoms with van der Waals surface area (Å²) in [6.45, 7) is 1.18. The molecule has 2 aromatic carbocycles. The molecule has 35 heavy (non-hydrogen) atoms. The number of carbonyl (C=O) groups is 2. The number of nitrogens with zero attached hydrogens (tertiary/aromatic N) is 3. The fraction of sp³-hybridized carbons (Fsp3) is 0.0909. The number of hydrogen-bond acceptors (Lipinski definition) is 5. The van der Waals surface area contributed by atoms with Gasteiger partial charge in [-0.2, -0.15) is 18.3 Å². The molecule has 13 heteroatoms. The molecule has 4 rings (SSSR count). The summed E-state index contributed by atoms with van der Waals surface area (Å²) in [6, 6.07) is 9.09. The molecule has 2 aromatic heterocycles. The van der Waals surface area contributed by atoms with Gasteiger partial charge in [0.05, 0.1) is 28.2 Å². The molecule has 0 unspecified atom stereocenters. The molecule has 8 nitrogen and oxygen atoms in total. The molecule has 0 bridgehead atoms. The Morgan fingerprint density at radius 2 is 1.83 bits per heavy atom. The van der Waals surface area contributed by atoms with Crippen LogP contribution in [0.1, 0.15) is 23.0 Å². The van der Waals surface area contributed by atoms with Gasteiger partial charge in [0.1, 0.15) is 17.1 Å². The molecule has 0 atom stereocenters. The fourth-order valence-corrected chi connectivity index (χ4v) is 3.68. The molecule has 1 amide bonds. The van der Waals surface area contributed by atoms with Crippen molar-refractivity contribution in [2.24, 2.45) is 0 Å². The van der Waals surface area contributed by atoms with Crippen molar-refractivity contribution in [2.75, 3.05) is 5.32 Å². The monoisotopic (exact) mass is 508 g/mol. The number of aromatic carboxylic acids is 1. The van der Waals surface area contributed by atoms with Crippen molar-refractivity contribution in [2.45, 2.75) is 13.1 Å². The van der Waals surface area contributed by atoms with Crippen LogP contribution in [-0.4, -0.2) is 31.9 Å². The highest BCUT2D eigenvalue weighted by molar-refractivity contribution is 6.33. The van der Waals surface area contributed by atoms with Gasteiger partial charge in [-0.15, -0.1) is 0 Å². The Balaban J connectivity index is 1.98. The van der Waals surface area contributed by atoms with E-state index in [4.69, 9.17) is 16.1 Å². The first-order chi connectivity index (χ1) is 16.5. The fourth-order valence-electron chi connectivity index (χ4n) is 3.47. The van der Waals surface area contributed by atoms with Crippen molar-refractivity contribution in [1.29, 1.82) is 0 Å². The van der Waals surface area contributed by atoms with Crippen LogP contribution in [0.2, 0.25) is 5.02 Å². The molecule has 0 spiro atoms. The van der Waals surface area contributed by atoms with E-state index in [0.717, 1.165) is 12.3 Å². The van der Waals surface area contributed by atoms with Gasteiger partial charge in [-0.25, -0.2) is 13.9 Å². The average molecular weight is 509 g/mol. The number of anilines is 1. The van der Waals surface area contributed by atoms with E-state index in [1.165, 1.54) is 43.3 Å². The van der Waals surface area contributed by atoms with Crippen LogP contribution in [0, 0.1) is 5.82 Å². The Bertz CT molecular complexity index is 1460. The summed E-state index contributed by atoms with van der Waals surface area (Å²) in [7, 11) is 0. The van der Waals surface area contributed by atoms with Crippen molar-refractivity contribution in [3.8, 4) is 28.3 Å². The van der Waals surface area contributed by atoms with Crippen molar-refractivity contribution in [1.82, 2.24) is 14.9 Å². The van der Waals surface area contributed by atoms with Gasteiger partial charge in [-0.1, -0.05) is 41.0 Å². The first-order valence-electron chi connectivity index (χ1n) is 9.70.